The van der Waals surface area contributed by atoms with Gasteiger partial charge in [-0.15, -0.1) is 11.3 Å². The Hall–Kier alpha value is -1.95. The maximum Gasteiger partial charge on any atom is 0.326 e. The molecule has 1 aromatic carbocycles. The zero-order chi connectivity index (χ0) is 15.6. The molecule has 1 aromatic heterocycles. The first-order chi connectivity index (χ1) is 9.93. The second kappa shape index (κ2) is 6.22. The first kappa shape index (κ1) is 15.4. The van der Waals surface area contributed by atoms with Crippen molar-refractivity contribution in [3.8, 4) is 0 Å². The van der Waals surface area contributed by atoms with Crippen LogP contribution < -0.4 is 5.32 Å². The van der Waals surface area contributed by atoms with Crippen LogP contribution in [0.15, 0.2) is 24.3 Å². The van der Waals surface area contributed by atoms with Crippen LogP contribution in [-0.4, -0.2) is 23.0 Å². The van der Waals surface area contributed by atoms with Crippen LogP contribution in [0.25, 0.3) is 10.1 Å². The van der Waals surface area contributed by atoms with Crippen LogP contribution >= 0.6 is 11.3 Å². The molecule has 2 N–H and O–H groups in total. The number of carbonyl (C=O) groups excluding carboxylic acids is 1. The molecule has 0 fully saturated rings. The first-order valence-corrected chi connectivity index (χ1v) is 7.47. The fraction of sp³-hybridized carbons (Fsp3) is 0.333. The van der Waals surface area contributed by atoms with Crippen LogP contribution in [0.3, 0.4) is 0 Å². The summed E-state index contributed by atoms with van der Waals surface area (Å²) in [6.45, 7) is 3.63. The number of carboxylic acids is 1. The largest absolute Gasteiger partial charge is 0.480 e. The Morgan fingerprint density at radius 2 is 2.14 bits per heavy atom. The van der Waals surface area contributed by atoms with Crippen molar-refractivity contribution in [1.82, 2.24) is 5.32 Å². The Morgan fingerprint density at radius 3 is 2.71 bits per heavy atom. The lowest BCUT2D eigenvalue weighted by molar-refractivity contribution is -0.140. The standard InChI is InChI=1S/C15H16FNO3S/c1-3-8(2)13(15(19)20)17-14(18)12-7-9-10(16)5-4-6-11(9)21-12/h4-8,13H,3H2,1-2H3,(H,17,18)(H,19,20)/t8-,13-/m0/s1. The summed E-state index contributed by atoms with van der Waals surface area (Å²) < 4.78 is 14.3. The molecule has 0 unspecified atom stereocenters. The maximum atomic E-state index is 13.6. The lowest BCUT2D eigenvalue weighted by atomic mass is 9.99. The third kappa shape index (κ3) is 3.21. The summed E-state index contributed by atoms with van der Waals surface area (Å²) >= 11 is 1.15. The van der Waals surface area contributed by atoms with E-state index in [9.17, 15) is 19.1 Å². The highest BCUT2D eigenvalue weighted by atomic mass is 32.1. The van der Waals surface area contributed by atoms with Crippen LogP contribution in [0, 0.1) is 11.7 Å². The topological polar surface area (TPSA) is 66.4 Å². The number of thiophene rings is 1. The van der Waals surface area contributed by atoms with E-state index in [1.165, 1.54) is 12.1 Å². The van der Waals surface area contributed by atoms with Gasteiger partial charge >= 0.3 is 5.97 Å². The van der Waals surface area contributed by atoms with Crippen LogP contribution in [0.1, 0.15) is 29.9 Å². The molecule has 0 aliphatic heterocycles. The fourth-order valence-corrected chi connectivity index (χ4v) is 3.01. The van der Waals surface area contributed by atoms with Gasteiger partial charge in [0.1, 0.15) is 11.9 Å². The number of carbonyl (C=O) groups is 2. The van der Waals surface area contributed by atoms with Crippen LogP contribution in [0.2, 0.25) is 0 Å². The molecule has 0 bridgehead atoms. The van der Waals surface area contributed by atoms with E-state index in [0.717, 1.165) is 11.3 Å². The number of hydrogen-bond donors (Lipinski definition) is 2. The van der Waals surface area contributed by atoms with E-state index in [4.69, 9.17) is 0 Å². The lowest BCUT2D eigenvalue weighted by Gasteiger charge is -2.19. The zero-order valence-corrected chi connectivity index (χ0v) is 12.5. The molecular weight excluding hydrogens is 293 g/mol. The van der Waals surface area contributed by atoms with Gasteiger partial charge < -0.3 is 10.4 Å². The Kier molecular flexibility index (Phi) is 4.57. The number of rotatable bonds is 5. The summed E-state index contributed by atoms with van der Waals surface area (Å²) in [6.07, 6.45) is 0.637. The highest BCUT2D eigenvalue weighted by molar-refractivity contribution is 7.20. The average Bonchev–Trinajstić information content (AvgIpc) is 2.89. The summed E-state index contributed by atoms with van der Waals surface area (Å²) in [5.74, 6) is -2.12. The highest BCUT2D eigenvalue weighted by Gasteiger charge is 2.26. The lowest BCUT2D eigenvalue weighted by Crippen LogP contribution is -2.44. The number of benzene rings is 1. The van der Waals surface area contributed by atoms with Gasteiger partial charge in [0.05, 0.1) is 4.88 Å². The molecule has 21 heavy (non-hydrogen) atoms. The molecule has 1 heterocycles. The van der Waals surface area contributed by atoms with Gasteiger partial charge in [0.25, 0.3) is 5.91 Å². The molecule has 0 saturated carbocycles. The van der Waals surface area contributed by atoms with E-state index >= 15 is 0 Å². The fourth-order valence-electron chi connectivity index (χ4n) is 2.03. The number of nitrogens with one attached hydrogen (secondary N) is 1. The van der Waals surface area contributed by atoms with Crippen molar-refractivity contribution in [3.63, 3.8) is 0 Å². The predicted octanol–water partition coefficient (Wildman–Crippen LogP) is 3.27. The molecule has 2 aromatic rings. The third-order valence-corrected chi connectivity index (χ3v) is 4.60. The SMILES string of the molecule is CC[C@H](C)[C@H](NC(=O)c1cc2c(F)cccc2s1)C(=O)O. The van der Waals surface area contributed by atoms with Crippen LogP contribution in [0.4, 0.5) is 4.39 Å². The third-order valence-electron chi connectivity index (χ3n) is 3.50. The first-order valence-electron chi connectivity index (χ1n) is 6.65. The molecule has 112 valence electrons. The summed E-state index contributed by atoms with van der Waals surface area (Å²) in [4.78, 5) is 23.7. The van der Waals surface area contributed by atoms with Crippen molar-refractivity contribution in [2.75, 3.05) is 0 Å². The summed E-state index contributed by atoms with van der Waals surface area (Å²) in [5.41, 5.74) is 0. The van der Waals surface area contributed by atoms with E-state index in [1.54, 1.807) is 19.1 Å². The Labute approximate surface area is 125 Å². The highest BCUT2D eigenvalue weighted by Crippen LogP contribution is 2.27. The number of carboxylic acid groups (broad SMARTS) is 1. The minimum absolute atomic E-state index is 0.183. The number of hydrogen-bond acceptors (Lipinski definition) is 3. The van der Waals surface area contributed by atoms with Crippen molar-refractivity contribution < 1.29 is 19.1 Å². The summed E-state index contributed by atoms with van der Waals surface area (Å²) in [6, 6.07) is 5.14. The van der Waals surface area contributed by atoms with Gasteiger partial charge in [-0.25, -0.2) is 9.18 Å². The molecule has 4 nitrogen and oxygen atoms in total. The molecule has 0 spiro atoms. The van der Waals surface area contributed by atoms with Gasteiger partial charge in [0.2, 0.25) is 0 Å². The Morgan fingerprint density at radius 1 is 1.43 bits per heavy atom. The molecule has 0 radical (unpaired) electrons. The number of aliphatic carboxylic acids is 1. The second-order valence-corrected chi connectivity index (χ2v) is 6.02. The van der Waals surface area contributed by atoms with Crippen molar-refractivity contribution >= 4 is 33.3 Å². The van der Waals surface area contributed by atoms with E-state index in [0.29, 0.717) is 21.4 Å². The van der Waals surface area contributed by atoms with Crippen molar-refractivity contribution in [3.05, 3.63) is 35.0 Å². The Bertz CT molecular complexity index is 683. The summed E-state index contributed by atoms with van der Waals surface area (Å²) in [5, 5.41) is 12.1. The molecule has 2 rings (SSSR count). The summed E-state index contributed by atoms with van der Waals surface area (Å²) in [7, 11) is 0. The Balaban J connectivity index is 2.25. The van der Waals surface area contributed by atoms with Crippen molar-refractivity contribution in [1.29, 1.82) is 0 Å². The van der Waals surface area contributed by atoms with E-state index in [2.05, 4.69) is 5.32 Å². The molecule has 0 saturated heterocycles. The van der Waals surface area contributed by atoms with Crippen LogP contribution in [-0.2, 0) is 4.79 Å². The molecule has 6 heteroatoms. The second-order valence-electron chi connectivity index (χ2n) is 4.94. The van der Waals surface area contributed by atoms with Crippen molar-refractivity contribution in [2.45, 2.75) is 26.3 Å². The smallest absolute Gasteiger partial charge is 0.326 e. The number of amides is 1. The van der Waals surface area contributed by atoms with E-state index in [1.807, 2.05) is 6.92 Å². The number of halogens is 1. The van der Waals surface area contributed by atoms with E-state index < -0.39 is 17.9 Å². The molecule has 0 aliphatic rings. The van der Waals surface area contributed by atoms with Gasteiger partial charge in [-0.1, -0.05) is 26.3 Å². The van der Waals surface area contributed by atoms with Gasteiger partial charge in [-0.05, 0) is 24.1 Å². The minimum atomic E-state index is -1.06. The molecular formula is C15H16FNO3S. The zero-order valence-electron chi connectivity index (χ0n) is 11.7. The van der Waals surface area contributed by atoms with Gasteiger partial charge in [-0.2, -0.15) is 0 Å². The normalized spacial score (nSPS) is 13.9. The van der Waals surface area contributed by atoms with Crippen molar-refractivity contribution in [2.24, 2.45) is 5.92 Å². The predicted molar refractivity (Wildman–Crippen MR) is 80.1 cm³/mol. The molecule has 0 aliphatic carbocycles. The quantitative estimate of drug-likeness (QED) is 0.891. The van der Waals surface area contributed by atoms with E-state index in [-0.39, 0.29) is 11.7 Å². The molecule has 1 amide bonds. The van der Waals surface area contributed by atoms with Gasteiger partial charge in [0, 0.05) is 10.1 Å². The monoisotopic (exact) mass is 309 g/mol. The maximum absolute atomic E-state index is 13.6. The molecule has 2 atom stereocenters. The van der Waals surface area contributed by atoms with Crippen LogP contribution in [0.5, 0.6) is 0 Å². The number of fused-ring (bicyclic) bond motifs is 1. The minimum Gasteiger partial charge on any atom is -0.480 e. The van der Waals surface area contributed by atoms with Gasteiger partial charge in [-0.3, -0.25) is 4.79 Å². The average molecular weight is 309 g/mol. The van der Waals surface area contributed by atoms with Gasteiger partial charge in [0.15, 0.2) is 0 Å².